The summed E-state index contributed by atoms with van der Waals surface area (Å²) in [6.45, 7) is 1.80. The molecule has 1 heterocycles. The molecule has 0 aliphatic carbocycles. The Bertz CT molecular complexity index is 421. The largest absolute Gasteiger partial charge is 0.465 e. The highest BCUT2D eigenvalue weighted by molar-refractivity contribution is 5.95. The zero-order valence-electron chi connectivity index (χ0n) is 11.8. The van der Waals surface area contributed by atoms with Crippen LogP contribution in [0, 0.1) is 0 Å². The monoisotopic (exact) mass is 266 g/mol. The van der Waals surface area contributed by atoms with Gasteiger partial charge in [-0.05, 0) is 39.5 Å². The molecule has 0 aromatic carbocycles. The van der Waals surface area contributed by atoms with Gasteiger partial charge in [0.2, 0.25) is 0 Å². The fourth-order valence-electron chi connectivity index (χ4n) is 1.65. The number of hydrogen-bond donors (Lipinski definition) is 2. The molecule has 3 N–H and O–H groups in total. The highest BCUT2D eigenvalue weighted by Gasteiger charge is 2.13. The molecule has 0 amide bonds. The number of pyridine rings is 1. The molecule has 6 heteroatoms. The number of methoxy groups -OCH3 is 1. The van der Waals surface area contributed by atoms with E-state index in [4.69, 9.17) is 10.5 Å². The van der Waals surface area contributed by atoms with E-state index in [1.807, 2.05) is 14.1 Å². The highest BCUT2D eigenvalue weighted by atomic mass is 16.5. The van der Waals surface area contributed by atoms with E-state index in [-0.39, 0.29) is 0 Å². The number of esters is 1. The van der Waals surface area contributed by atoms with Gasteiger partial charge in [-0.2, -0.15) is 0 Å². The first-order valence-electron chi connectivity index (χ1n) is 6.27. The Hall–Kier alpha value is -1.82. The lowest BCUT2D eigenvalue weighted by Gasteiger charge is -2.11. The lowest BCUT2D eigenvalue weighted by atomic mass is 10.2. The molecular weight excluding hydrogens is 244 g/mol. The third kappa shape index (κ3) is 5.13. The van der Waals surface area contributed by atoms with Crippen LogP contribution in [0.15, 0.2) is 12.3 Å². The Morgan fingerprint density at radius 1 is 1.47 bits per heavy atom. The van der Waals surface area contributed by atoms with E-state index in [2.05, 4.69) is 15.2 Å². The Kier molecular flexibility index (Phi) is 6.08. The minimum atomic E-state index is -0.435. The first kappa shape index (κ1) is 15.2. The van der Waals surface area contributed by atoms with Crippen molar-refractivity contribution in [3.63, 3.8) is 0 Å². The van der Waals surface area contributed by atoms with Gasteiger partial charge in [-0.3, -0.25) is 0 Å². The highest BCUT2D eigenvalue weighted by Crippen LogP contribution is 2.16. The Labute approximate surface area is 113 Å². The van der Waals surface area contributed by atoms with Crippen LogP contribution in [0.25, 0.3) is 0 Å². The standard InChI is InChI=1S/C13H22N4O2/c1-17(2)7-5-4-6-15-12-11(13(18)19-3)8-10(14)9-16-12/h8-9H,4-7,14H2,1-3H3,(H,15,16). The summed E-state index contributed by atoms with van der Waals surface area (Å²) < 4.78 is 4.71. The van der Waals surface area contributed by atoms with E-state index < -0.39 is 5.97 Å². The first-order valence-corrected chi connectivity index (χ1v) is 6.27. The number of carbonyl (C=O) groups excluding carboxylic acids is 1. The molecule has 0 aliphatic rings. The number of carbonyl (C=O) groups is 1. The van der Waals surface area contributed by atoms with Gasteiger partial charge in [-0.1, -0.05) is 0 Å². The number of nitrogens with one attached hydrogen (secondary N) is 1. The SMILES string of the molecule is COC(=O)c1cc(N)cnc1NCCCCN(C)C. The van der Waals surface area contributed by atoms with Gasteiger partial charge in [0, 0.05) is 6.54 Å². The van der Waals surface area contributed by atoms with Gasteiger partial charge >= 0.3 is 5.97 Å². The second-order valence-corrected chi connectivity index (χ2v) is 4.59. The van der Waals surface area contributed by atoms with E-state index in [1.54, 1.807) is 6.07 Å². The van der Waals surface area contributed by atoms with Crippen molar-refractivity contribution in [1.29, 1.82) is 0 Å². The summed E-state index contributed by atoms with van der Waals surface area (Å²) in [7, 11) is 5.43. The van der Waals surface area contributed by atoms with E-state index >= 15 is 0 Å². The van der Waals surface area contributed by atoms with Crippen molar-refractivity contribution in [3.05, 3.63) is 17.8 Å². The van der Waals surface area contributed by atoms with Gasteiger partial charge in [0.05, 0.1) is 19.0 Å². The molecular formula is C13H22N4O2. The molecule has 106 valence electrons. The third-order valence-electron chi connectivity index (χ3n) is 2.64. The lowest BCUT2D eigenvalue weighted by Crippen LogP contribution is -2.15. The minimum absolute atomic E-state index is 0.370. The second kappa shape index (κ2) is 7.58. The minimum Gasteiger partial charge on any atom is -0.465 e. The van der Waals surface area contributed by atoms with Crippen LogP contribution in [0.5, 0.6) is 0 Å². The molecule has 0 unspecified atom stereocenters. The predicted molar refractivity (Wildman–Crippen MR) is 76.3 cm³/mol. The van der Waals surface area contributed by atoms with Gasteiger partial charge in [-0.15, -0.1) is 0 Å². The van der Waals surface area contributed by atoms with Gasteiger partial charge < -0.3 is 20.7 Å². The average molecular weight is 266 g/mol. The van der Waals surface area contributed by atoms with Crippen LogP contribution in [0.2, 0.25) is 0 Å². The van der Waals surface area contributed by atoms with Crippen molar-refractivity contribution >= 4 is 17.5 Å². The van der Waals surface area contributed by atoms with Crippen molar-refractivity contribution in [1.82, 2.24) is 9.88 Å². The predicted octanol–water partition coefficient (Wildman–Crippen LogP) is 1.20. The van der Waals surface area contributed by atoms with Gasteiger partial charge in [0.15, 0.2) is 0 Å². The molecule has 0 saturated carbocycles. The van der Waals surface area contributed by atoms with Crippen LogP contribution in [-0.4, -0.2) is 50.1 Å². The second-order valence-electron chi connectivity index (χ2n) is 4.59. The molecule has 0 radical (unpaired) electrons. The van der Waals surface area contributed by atoms with Crippen LogP contribution in [0.3, 0.4) is 0 Å². The fraction of sp³-hybridized carbons (Fsp3) is 0.538. The van der Waals surface area contributed by atoms with Crippen LogP contribution >= 0.6 is 0 Å². The quantitative estimate of drug-likeness (QED) is 0.570. The summed E-state index contributed by atoms with van der Waals surface area (Å²) in [5.74, 6) is 0.0847. The number of hydrogen-bond acceptors (Lipinski definition) is 6. The van der Waals surface area contributed by atoms with E-state index in [1.165, 1.54) is 13.3 Å². The maximum atomic E-state index is 11.6. The summed E-state index contributed by atoms with van der Waals surface area (Å²) in [5.41, 5.74) is 6.44. The smallest absolute Gasteiger partial charge is 0.341 e. The van der Waals surface area contributed by atoms with E-state index in [0.717, 1.165) is 25.9 Å². The molecule has 1 aromatic heterocycles. The molecule has 1 aromatic rings. The van der Waals surface area contributed by atoms with Crippen molar-refractivity contribution in [2.24, 2.45) is 0 Å². The first-order chi connectivity index (χ1) is 9.04. The van der Waals surface area contributed by atoms with Crippen molar-refractivity contribution in [3.8, 4) is 0 Å². The molecule has 0 saturated heterocycles. The molecule has 0 aliphatic heterocycles. The van der Waals surface area contributed by atoms with Crippen LogP contribution in [-0.2, 0) is 4.74 Å². The summed E-state index contributed by atoms with van der Waals surface area (Å²) in [6.07, 6.45) is 3.61. The summed E-state index contributed by atoms with van der Waals surface area (Å²) >= 11 is 0. The summed E-state index contributed by atoms with van der Waals surface area (Å²) in [5, 5.41) is 3.14. The van der Waals surface area contributed by atoms with E-state index in [9.17, 15) is 4.79 Å². The molecule has 6 nitrogen and oxygen atoms in total. The molecule has 0 fully saturated rings. The number of ether oxygens (including phenoxy) is 1. The topological polar surface area (TPSA) is 80.5 Å². The number of rotatable bonds is 7. The molecule has 1 rings (SSSR count). The van der Waals surface area contributed by atoms with Gasteiger partial charge in [0.25, 0.3) is 0 Å². The Morgan fingerprint density at radius 3 is 2.84 bits per heavy atom. The van der Waals surface area contributed by atoms with Gasteiger partial charge in [0.1, 0.15) is 11.4 Å². The summed E-state index contributed by atoms with van der Waals surface area (Å²) in [6, 6.07) is 1.57. The number of anilines is 2. The maximum absolute atomic E-state index is 11.6. The Balaban J connectivity index is 2.55. The van der Waals surface area contributed by atoms with Gasteiger partial charge in [-0.25, -0.2) is 9.78 Å². The number of nitrogen functional groups attached to an aromatic ring is 1. The normalized spacial score (nSPS) is 10.5. The van der Waals surface area contributed by atoms with Crippen LogP contribution in [0.4, 0.5) is 11.5 Å². The molecule has 0 bridgehead atoms. The zero-order valence-corrected chi connectivity index (χ0v) is 11.8. The number of aromatic nitrogens is 1. The summed E-state index contributed by atoms with van der Waals surface area (Å²) in [4.78, 5) is 17.9. The maximum Gasteiger partial charge on any atom is 0.341 e. The number of unbranched alkanes of at least 4 members (excludes halogenated alkanes) is 1. The Morgan fingerprint density at radius 2 is 2.21 bits per heavy atom. The van der Waals surface area contributed by atoms with Crippen LogP contribution in [0.1, 0.15) is 23.2 Å². The van der Waals surface area contributed by atoms with E-state index in [0.29, 0.717) is 17.1 Å². The zero-order chi connectivity index (χ0) is 14.3. The van der Waals surface area contributed by atoms with Crippen LogP contribution < -0.4 is 11.1 Å². The average Bonchev–Trinajstić information content (AvgIpc) is 2.38. The van der Waals surface area contributed by atoms with Crippen molar-refractivity contribution < 1.29 is 9.53 Å². The lowest BCUT2D eigenvalue weighted by molar-refractivity contribution is 0.0601. The molecule has 0 spiro atoms. The number of nitrogens with two attached hydrogens (primary N) is 1. The number of nitrogens with zero attached hydrogens (tertiary/aromatic N) is 2. The van der Waals surface area contributed by atoms with Crippen molar-refractivity contribution in [2.45, 2.75) is 12.8 Å². The fourth-order valence-corrected chi connectivity index (χ4v) is 1.65. The van der Waals surface area contributed by atoms with Crippen molar-refractivity contribution in [2.75, 3.05) is 45.3 Å². The molecule has 19 heavy (non-hydrogen) atoms. The molecule has 0 atom stereocenters. The third-order valence-corrected chi connectivity index (χ3v) is 2.64.